The Kier molecular flexibility index (Phi) is 6.13. The van der Waals surface area contributed by atoms with Gasteiger partial charge in [-0.1, -0.05) is 19.1 Å². The van der Waals surface area contributed by atoms with E-state index in [1.54, 1.807) is 13.0 Å². The largest absolute Gasteiger partial charge is 0.313 e. The lowest BCUT2D eigenvalue weighted by Crippen LogP contribution is -2.16. The second-order valence-corrected chi connectivity index (χ2v) is 3.58. The normalized spacial score (nSPS) is 11.4. The lowest BCUT2D eigenvalue weighted by Gasteiger charge is -2.06. The van der Waals surface area contributed by atoms with Crippen molar-refractivity contribution >= 4 is 0 Å². The first kappa shape index (κ1) is 13.1. The highest BCUT2D eigenvalue weighted by Crippen LogP contribution is 2.13. The molecular weight excluding hydrogens is 177 g/mol. The van der Waals surface area contributed by atoms with Gasteiger partial charge in [-0.05, 0) is 44.5 Å². The van der Waals surface area contributed by atoms with Crippen molar-refractivity contribution in [1.82, 2.24) is 5.32 Å². The summed E-state index contributed by atoms with van der Waals surface area (Å²) in [5, 5.41) is 3.18. The third-order valence-electron chi connectivity index (χ3n) is 1.92. The van der Waals surface area contributed by atoms with Crippen LogP contribution in [0.3, 0.4) is 0 Å². The van der Waals surface area contributed by atoms with Crippen LogP contribution in [0.2, 0.25) is 0 Å². The number of rotatable bonds is 5. The van der Waals surface area contributed by atoms with Crippen LogP contribution in [-0.2, 0) is 0 Å². The second-order valence-electron chi connectivity index (χ2n) is 3.58. The van der Waals surface area contributed by atoms with Crippen molar-refractivity contribution in [2.45, 2.75) is 27.7 Å². The Labute approximate surface area is 86.4 Å². The molecule has 0 fully saturated rings. The predicted molar refractivity (Wildman–Crippen MR) is 60.9 cm³/mol. The molecule has 0 aliphatic rings. The monoisotopic (exact) mass is 197 g/mol. The topological polar surface area (TPSA) is 12.0 Å². The molecule has 0 aliphatic heterocycles. The van der Waals surface area contributed by atoms with Crippen molar-refractivity contribution < 1.29 is 4.39 Å². The number of hydrogen-bond acceptors (Lipinski definition) is 1. The molecule has 0 saturated heterocycles. The van der Waals surface area contributed by atoms with E-state index in [0.717, 1.165) is 17.7 Å². The summed E-state index contributed by atoms with van der Waals surface area (Å²) in [5.41, 5.74) is 2.59. The van der Waals surface area contributed by atoms with Crippen LogP contribution in [0.25, 0.3) is 0 Å². The molecule has 14 heavy (non-hydrogen) atoms. The van der Waals surface area contributed by atoms with Crippen LogP contribution >= 0.6 is 0 Å². The minimum Gasteiger partial charge on any atom is -0.313 e. The maximum Gasteiger partial charge on any atom is 0.125 e. The quantitative estimate of drug-likeness (QED) is 0.666. The van der Waals surface area contributed by atoms with Crippen molar-refractivity contribution in [2.24, 2.45) is 0 Å². The molecule has 0 bridgehead atoms. The lowest BCUT2D eigenvalue weighted by atomic mass is 10.1. The van der Waals surface area contributed by atoms with E-state index in [0.29, 0.717) is 12.1 Å². The predicted octanol–water partition coefficient (Wildman–Crippen LogP) is 3.36. The molecule has 0 unspecified atom stereocenters. The van der Waals surface area contributed by atoms with Gasteiger partial charge in [-0.15, -0.1) is 0 Å². The first-order valence-corrected chi connectivity index (χ1v) is 4.89. The lowest BCUT2D eigenvalue weighted by molar-refractivity contribution is 0.649. The Morgan fingerprint density at radius 1 is 1.36 bits per heavy atom. The van der Waals surface area contributed by atoms with Crippen molar-refractivity contribution in [1.29, 1.82) is 0 Å². The molecule has 0 radical (unpaired) electrons. The van der Waals surface area contributed by atoms with E-state index in [1.807, 2.05) is 20.8 Å². The molecule has 80 valence electrons. The van der Waals surface area contributed by atoms with Gasteiger partial charge in [0.15, 0.2) is 0 Å². The van der Waals surface area contributed by atoms with Gasteiger partial charge in [0, 0.05) is 6.54 Å². The number of allylic oxidation sites excluding steroid dienone is 3. The SMILES string of the molecule is C=C(C)/C(F)=C\C(CNCC)=C(C)C. The van der Waals surface area contributed by atoms with E-state index in [1.165, 1.54) is 0 Å². The fourth-order valence-corrected chi connectivity index (χ4v) is 0.908. The highest BCUT2D eigenvalue weighted by Gasteiger charge is 2.00. The summed E-state index contributed by atoms with van der Waals surface area (Å²) >= 11 is 0. The van der Waals surface area contributed by atoms with E-state index >= 15 is 0 Å². The van der Waals surface area contributed by atoms with Gasteiger partial charge >= 0.3 is 0 Å². The Morgan fingerprint density at radius 3 is 2.29 bits per heavy atom. The fourth-order valence-electron chi connectivity index (χ4n) is 0.908. The summed E-state index contributed by atoms with van der Waals surface area (Å²) in [6.45, 7) is 12.8. The zero-order valence-corrected chi connectivity index (χ0v) is 9.58. The summed E-state index contributed by atoms with van der Waals surface area (Å²) in [4.78, 5) is 0. The average molecular weight is 197 g/mol. The highest BCUT2D eigenvalue weighted by molar-refractivity contribution is 5.33. The minimum atomic E-state index is -0.237. The maximum absolute atomic E-state index is 13.3. The first-order valence-electron chi connectivity index (χ1n) is 4.89. The summed E-state index contributed by atoms with van der Waals surface area (Å²) in [5.74, 6) is -0.237. The van der Waals surface area contributed by atoms with E-state index < -0.39 is 0 Å². The Hall–Kier alpha value is -0.890. The van der Waals surface area contributed by atoms with Gasteiger partial charge in [-0.3, -0.25) is 0 Å². The summed E-state index contributed by atoms with van der Waals surface area (Å²) in [6, 6.07) is 0. The molecule has 0 aliphatic carbocycles. The molecule has 0 spiro atoms. The van der Waals surface area contributed by atoms with Crippen molar-refractivity contribution in [3.05, 3.63) is 35.2 Å². The summed E-state index contributed by atoms with van der Waals surface area (Å²) in [7, 11) is 0. The summed E-state index contributed by atoms with van der Waals surface area (Å²) < 4.78 is 13.3. The molecular formula is C12H20FN. The van der Waals surface area contributed by atoms with Crippen LogP contribution in [0.15, 0.2) is 35.2 Å². The van der Waals surface area contributed by atoms with Gasteiger partial charge in [-0.2, -0.15) is 0 Å². The fraction of sp³-hybridized carbons (Fsp3) is 0.500. The van der Waals surface area contributed by atoms with Crippen molar-refractivity contribution in [3.8, 4) is 0 Å². The minimum absolute atomic E-state index is 0.237. The molecule has 0 amide bonds. The number of hydrogen-bond donors (Lipinski definition) is 1. The Bertz CT molecular complexity index is 257. The van der Waals surface area contributed by atoms with Gasteiger partial charge in [-0.25, -0.2) is 4.39 Å². The summed E-state index contributed by atoms with van der Waals surface area (Å²) in [6.07, 6.45) is 1.56. The molecule has 0 heterocycles. The molecule has 2 heteroatoms. The van der Waals surface area contributed by atoms with E-state index in [4.69, 9.17) is 0 Å². The van der Waals surface area contributed by atoms with Gasteiger partial charge in [0.05, 0.1) is 0 Å². The van der Waals surface area contributed by atoms with Crippen molar-refractivity contribution in [3.63, 3.8) is 0 Å². The van der Waals surface area contributed by atoms with E-state index in [9.17, 15) is 4.39 Å². The zero-order valence-electron chi connectivity index (χ0n) is 9.58. The molecule has 0 rings (SSSR count). The molecule has 1 N–H and O–H groups in total. The van der Waals surface area contributed by atoms with Gasteiger partial charge in [0.2, 0.25) is 0 Å². The van der Waals surface area contributed by atoms with E-state index in [2.05, 4.69) is 11.9 Å². The van der Waals surface area contributed by atoms with Gasteiger partial charge in [0.25, 0.3) is 0 Å². The van der Waals surface area contributed by atoms with Crippen LogP contribution in [0.5, 0.6) is 0 Å². The average Bonchev–Trinajstić information content (AvgIpc) is 2.10. The van der Waals surface area contributed by atoms with Crippen LogP contribution in [0.1, 0.15) is 27.7 Å². The molecule has 0 aromatic rings. The molecule has 0 saturated carbocycles. The number of halogens is 1. The molecule has 0 atom stereocenters. The highest BCUT2D eigenvalue weighted by atomic mass is 19.1. The second kappa shape index (κ2) is 6.55. The first-order chi connectivity index (χ1) is 6.49. The maximum atomic E-state index is 13.3. The van der Waals surface area contributed by atoms with Crippen LogP contribution in [0.4, 0.5) is 4.39 Å². The Morgan fingerprint density at radius 2 is 1.93 bits per heavy atom. The number of nitrogens with one attached hydrogen (secondary N) is 1. The van der Waals surface area contributed by atoms with Crippen LogP contribution < -0.4 is 5.32 Å². The molecule has 1 nitrogen and oxygen atoms in total. The zero-order chi connectivity index (χ0) is 11.1. The smallest absolute Gasteiger partial charge is 0.125 e. The van der Waals surface area contributed by atoms with Crippen molar-refractivity contribution in [2.75, 3.05) is 13.1 Å². The van der Waals surface area contributed by atoms with Gasteiger partial charge in [0.1, 0.15) is 5.83 Å². The molecule has 0 aromatic heterocycles. The third kappa shape index (κ3) is 4.97. The Balaban J connectivity index is 4.63. The third-order valence-corrected chi connectivity index (χ3v) is 1.92. The standard InChI is InChI=1S/C12H20FN/c1-6-14-8-11(9(2)3)7-12(13)10(4)5/h7,14H,4,6,8H2,1-3,5H3/b12-7+. The van der Waals surface area contributed by atoms with Crippen LogP contribution in [-0.4, -0.2) is 13.1 Å². The number of likely N-dealkylation sites (N-methyl/N-ethyl adjacent to an activating group) is 1. The molecule has 0 aromatic carbocycles. The van der Waals surface area contributed by atoms with Crippen LogP contribution in [0, 0.1) is 0 Å². The van der Waals surface area contributed by atoms with E-state index in [-0.39, 0.29) is 5.83 Å². The van der Waals surface area contributed by atoms with Gasteiger partial charge < -0.3 is 5.32 Å².